The number of hydrogen-bond donors (Lipinski definition) is 1. The monoisotopic (exact) mass is 488 g/mol. The molecule has 182 valence electrons. The molecule has 9 heteroatoms. The first-order chi connectivity index (χ1) is 16.5. The lowest BCUT2D eigenvalue weighted by Gasteiger charge is -2.32. The highest BCUT2D eigenvalue weighted by Crippen LogP contribution is 2.31. The van der Waals surface area contributed by atoms with E-state index in [1.165, 1.54) is 11.3 Å². The molecule has 4 rings (SSSR count). The van der Waals surface area contributed by atoms with Gasteiger partial charge in [-0.2, -0.15) is 5.26 Å². The molecule has 1 amide bonds. The molecule has 1 aromatic carbocycles. The van der Waals surface area contributed by atoms with Crippen molar-refractivity contribution in [2.24, 2.45) is 5.92 Å². The van der Waals surface area contributed by atoms with Crippen LogP contribution in [0.5, 0.6) is 5.19 Å². The molecular weight excluding hydrogens is 458 g/mol. The molecule has 0 spiro atoms. The number of rotatable bonds is 9. The third-order valence-electron chi connectivity index (χ3n) is 6.61. The highest BCUT2D eigenvalue weighted by Gasteiger charge is 2.25. The molecule has 1 N–H and O–H groups in total. The Morgan fingerprint density at radius 2 is 2.15 bits per heavy atom. The molecule has 6 nitrogen and oxygen atoms in total. The molecule has 1 aliphatic carbocycles. The maximum atomic E-state index is 12.4. The number of thiazole rings is 1. The Kier molecular flexibility index (Phi) is 8.46. The van der Waals surface area contributed by atoms with Crippen LogP contribution in [0.25, 0.3) is 0 Å². The van der Waals surface area contributed by atoms with Gasteiger partial charge in [0.05, 0.1) is 23.7 Å². The number of aromatic nitrogens is 1. The van der Waals surface area contributed by atoms with E-state index in [0.29, 0.717) is 23.1 Å². The van der Waals surface area contributed by atoms with Crippen LogP contribution in [0, 0.1) is 17.2 Å². The number of fused-ring (bicyclic) bond motifs is 1. The van der Waals surface area contributed by atoms with Crippen LogP contribution in [-0.4, -0.2) is 48.0 Å². The van der Waals surface area contributed by atoms with Gasteiger partial charge in [-0.3, -0.25) is 9.69 Å². The molecule has 0 bridgehead atoms. The summed E-state index contributed by atoms with van der Waals surface area (Å²) in [6, 6.07) is 9.53. The number of nitrogens with one attached hydrogen (secondary N) is 1. The number of nitrogens with zero attached hydrogens (tertiary/aromatic N) is 3. The Morgan fingerprint density at radius 1 is 1.32 bits per heavy atom. The van der Waals surface area contributed by atoms with Crippen molar-refractivity contribution in [3.05, 3.63) is 46.0 Å². The van der Waals surface area contributed by atoms with Gasteiger partial charge in [0.25, 0.3) is 11.6 Å². The smallest absolute Gasteiger partial charge is 0.273 e. The summed E-state index contributed by atoms with van der Waals surface area (Å²) < 4.78 is 29.8. The predicted molar refractivity (Wildman–Crippen MR) is 126 cm³/mol. The van der Waals surface area contributed by atoms with E-state index in [0.717, 1.165) is 74.3 Å². The zero-order chi connectivity index (χ0) is 23.9. The molecule has 2 aromatic rings. The molecule has 0 saturated heterocycles. The van der Waals surface area contributed by atoms with Crippen LogP contribution < -0.4 is 10.1 Å². The lowest BCUT2D eigenvalue weighted by Crippen LogP contribution is -2.39. The van der Waals surface area contributed by atoms with Crippen molar-refractivity contribution < 1.29 is 18.3 Å². The summed E-state index contributed by atoms with van der Waals surface area (Å²) in [5, 5.41) is 12.5. The third-order valence-corrected chi connectivity index (χ3v) is 7.68. The zero-order valence-electron chi connectivity index (χ0n) is 19.1. The lowest BCUT2D eigenvalue weighted by molar-refractivity contribution is -0.121. The number of halogens is 2. The fraction of sp³-hybridized carbons (Fsp3) is 0.560. The SMILES string of the molecule is N#Cc1cccc(CC(=O)N[C@H]2CC[C@H](CCN3CCc4sc(OCC(F)F)nc4C3)CC2)c1. The van der Waals surface area contributed by atoms with Crippen molar-refractivity contribution in [2.75, 3.05) is 19.7 Å². The van der Waals surface area contributed by atoms with E-state index in [4.69, 9.17) is 10.00 Å². The van der Waals surface area contributed by atoms with Crippen LogP contribution >= 0.6 is 11.3 Å². The van der Waals surface area contributed by atoms with Gasteiger partial charge in [0.1, 0.15) is 0 Å². The molecule has 1 fully saturated rings. The standard InChI is InChI=1S/C25H30F2N4O2S/c26-23(27)16-33-25-30-21-15-31(11-9-22(21)34-25)10-8-17-4-6-20(7-5-17)29-24(32)13-18-2-1-3-19(12-18)14-28/h1-3,12,17,20,23H,4-11,13,15-16H2,(H,29,32)/t17-,20-. The predicted octanol–water partition coefficient (Wildman–Crippen LogP) is 4.32. The second-order valence-electron chi connectivity index (χ2n) is 9.14. The van der Waals surface area contributed by atoms with Crippen LogP contribution in [0.2, 0.25) is 0 Å². The van der Waals surface area contributed by atoms with Crippen LogP contribution in [0.15, 0.2) is 24.3 Å². The van der Waals surface area contributed by atoms with Gasteiger partial charge in [-0.15, -0.1) is 0 Å². The van der Waals surface area contributed by atoms with Gasteiger partial charge in [-0.05, 0) is 68.7 Å². The highest BCUT2D eigenvalue weighted by molar-refractivity contribution is 7.13. The van der Waals surface area contributed by atoms with E-state index in [9.17, 15) is 13.6 Å². The Balaban J connectivity index is 1.15. The zero-order valence-corrected chi connectivity index (χ0v) is 20.0. The second kappa shape index (κ2) is 11.7. The van der Waals surface area contributed by atoms with E-state index in [2.05, 4.69) is 21.3 Å². The van der Waals surface area contributed by atoms with E-state index >= 15 is 0 Å². The summed E-state index contributed by atoms with van der Waals surface area (Å²) in [5.41, 5.74) is 2.40. The minimum absolute atomic E-state index is 0.0165. The first-order valence-corrected chi connectivity index (χ1v) is 12.7. The Labute approximate surface area is 202 Å². The van der Waals surface area contributed by atoms with Gasteiger partial charge in [0.2, 0.25) is 5.91 Å². The molecule has 0 unspecified atom stereocenters. The van der Waals surface area contributed by atoms with Gasteiger partial charge in [0, 0.05) is 24.0 Å². The van der Waals surface area contributed by atoms with Gasteiger partial charge < -0.3 is 10.1 Å². The summed E-state index contributed by atoms with van der Waals surface area (Å²) in [4.78, 5) is 20.4. The highest BCUT2D eigenvalue weighted by atomic mass is 32.1. The fourth-order valence-corrected chi connectivity index (χ4v) is 5.71. The molecule has 1 aromatic heterocycles. The van der Waals surface area contributed by atoms with Crippen molar-refractivity contribution in [1.29, 1.82) is 5.26 Å². The number of nitriles is 1. The van der Waals surface area contributed by atoms with Crippen LogP contribution in [-0.2, 0) is 24.2 Å². The number of amides is 1. The van der Waals surface area contributed by atoms with Crippen LogP contribution in [0.1, 0.15) is 53.8 Å². The average molecular weight is 489 g/mol. The van der Waals surface area contributed by atoms with Crippen molar-refractivity contribution >= 4 is 17.2 Å². The van der Waals surface area contributed by atoms with Gasteiger partial charge in [0.15, 0.2) is 6.61 Å². The second-order valence-corrected chi connectivity index (χ2v) is 10.2. The van der Waals surface area contributed by atoms with Crippen LogP contribution in [0.3, 0.4) is 0 Å². The van der Waals surface area contributed by atoms with Crippen molar-refractivity contribution in [3.63, 3.8) is 0 Å². The largest absolute Gasteiger partial charge is 0.464 e. The summed E-state index contributed by atoms with van der Waals surface area (Å²) >= 11 is 1.39. The van der Waals surface area contributed by atoms with Gasteiger partial charge in [-0.1, -0.05) is 23.5 Å². The molecule has 1 aliphatic heterocycles. The lowest BCUT2D eigenvalue weighted by atomic mass is 9.84. The van der Waals surface area contributed by atoms with Gasteiger partial charge >= 0.3 is 0 Å². The van der Waals surface area contributed by atoms with Crippen LogP contribution in [0.4, 0.5) is 8.78 Å². The number of alkyl halides is 2. The van der Waals surface area contributed by atoms with Crippen molar-refractivity contribution in [3.8, 4) is 11.3 Å². The molecule has 2 heterocycles. The number of hydrogen-bond acceptors (Lipinski definition) is 6. The normalized spacial score (nSPS) is 20.5. The molecule has 0 atom stereocenters. The number of carbonyl (C=O) groups is 1. The Morgan fingerprint density at radius 3 is 2.91 bits per heavy atom. The van der Waals surface area contributed by atoms with E-state index in [-0.39, 0.29) is 11.9 Å². The molecule has 34 heavy (non-hydrogen) atoms. The quantitative estimate of drug-likeness (QED) is 0.569. The molecule has 0 radical (unpaired) electrons. The maximum Gasteiger partial charge on any atom is 0.273 e. The van der Waals surface area contributed by atoms with Gasteiger partial charge in [-0.25, -0.2) is 13.8 Å². The minimum atomic E-state index is -2.48. The Hall–Kier alpha value is -2.57. The maximum absolute atomic E-state index is 12.4. The topological polar surface area (TPSA) is 78.2 Å². The Bertz CT molecular complexity index is 1010. The van der Waals surface area contributed by atoms with E-state index < -0.39 is 13.0 Å². The summed E-state index contributed by atoms with van der Waals surface area (Å²) in [6.07, 6.45) is 4.04. The molecule has 2 aliphatic rings. The first kappa shape index (κ1) is 24.6. The van der Waals surface area contributed by atoms with E-state index in [1.807, 2.05) is 12.1 Å². The molecular formula is C25H30F2N4O2S. The third kappa shape index (κ3) is 6.97. The average Bonchev–Trinajstić information content (AvgIpc) is 3.24. The van der Waals surface area contributed by atoms with Crippen molar-refractivity contribution in [1.82, 2.24) is 15.2 Å². The number of ether oxygens (including phenoxy) is 1. The number of carbonyl (C=O) groups excluding carboxylic acids is 1. The minimum Gasteiger partial charge on any atom is -0.464 e. The molecule has 1 saturated carbocycles. The number of benzene rings is 1. The first-order valence-electron chi connectivity index (χ1n) is 11.9. The summed E-state index contributed by atoms with van der Waals surface area (Å²) in [6.45, 7) is 2.11. The van der Waals surface area contributed by atoms with Crippen molar-refractivity contribution in [2.45, 2.75) is 64.0 Å². The summed E-state index contributed by atoms with van der Waals surface area (Å²) in [5.74, 6) is 0.671. The summed E-state index contributed by atoms with van der Waals surface area (Å²) in [7, 11) is 0. The van der Waals surface area contributed by atoms with E-state index in [1.54, 1.807) is 12.1 Å². The fourth-order valence-electron chi connectivity index (χ4n) is 4.79.